The van der Waals surface area contributed by atoms with E-state index in [1.54, 1.807) is 19.1 Å². The molecule has 15 heavy (non-hydrogen) atoms. The van der Waals surface area contributed by atoms with E-state index in [2.05, 4.69) is 47.8 Å². The minimum absolute atomic E-state index is 0.00810. The number of esters is 1. The first-order chi connectivity index (χ1) is 7.06. The molecule has 0 fully saturated rings. The van der Waals surface area contributed by atoms with Gasteiger partial charge in [-0.2, -0.15) is 0 Å². The maximum atomic E-state index is 11.5. The van der Waals surface area contributed by atoms with Crippen molar-refractivity contribution in [3.05, 3.63) is 33.8 Å². The molecular formula is C10H9Br3O2. The van der Waals surface area contributed by atoms with Crippen LogP contribution < -0.4 is 0 Å². The van der Waals surface area contributed by atoms with Gasteiger partial charge < -0.3 is 4.74 Å². The van der Waals surface area contributed by atoms with Crippen molar-refractivity contribution in [3.63, 3.8) is 0 Å². The van der Waals surface area contributed by atoms with Gasteiger partial charge in [-0.3, -0.25) is 0 Å². The first-order valence-electron chi connectivity index (χ1n) is 4.31. The first kappa shape index (κ1) is 13.2. The first-order valence-corrected chi connectivity index (χ1v) is 6.93. The van der Waals surface area contributed by atoms with Gasteiger partial charge in [0.15, 0.2) is 0 Å². The lowest BCUT2D eigenvalue weighted by molar-refractivity contribution is 0.0526. The molecule has 0 atom stereocenters. The van der Waals surface area contributed by atoms with Crippen LogP contribution in [-0.4, -0.2) is 12.6 Å². The minimum Gasteiger partial charge on any atom is -0.462 e. The molecule has 82 valence electrons. The van der Waals surface area contributed by atoms with Crippen LogP contribution in [0.2, 0.25) is 0 Å². The summed E-state index contributed by atoms with van der Waals surface area (Å²) >= 11 is 10.2. The van der Waals surface area contributed by atoms with Crippen molar-refractivity contribution in [2.75, 3.05) is 6.61 Å². The maximum Gasteiger partial charge on any atom is 0.338 e. The van der Waals surface area contributed by atoms with Gasteiger partial charge in [-0.25, -0.2) is 4.79 Å². The predicted octanol–water partition coefficient (Wildman–Crippen LogP) is 4.41. The molecule has 0 saturated carbocycles. The maximum absolute atomic E-state index is 11.5. The lowest BCUT2D eigenvalue weighted by Crippen LogP contribution is -2.05. The zero-order chi connectivity index (χ0) is 11.4. The van der Waals surface area contributed by atoms with Gasteiger partial charge in [-0.05, 0) is 30.7 Å². The van der Waals surface area contributed by atoms with Gasteiger partial charge in [0.1, 0.15) is 0 Å². The van der Waals surface area contributed by atoms with Crippen LogP contribution in [0.15, 0.2) is 22.7 Å². The summed E-state index contributed by atoms with van der Waals surface area (Å²) in [6.07, 6.45) is 0. The number of carbonyl (C=O) groups is 1. The summed E-state index contributed by atoms with van der Waals surface area (Å²) in [5.74, 6) is -0.299. The van der Waals surface area contributed by atoms with Crippen LogP contribution in [0.25, 0.3) is 0 Å². The van der Waals surface area contributed by atoms with Crippen molar-refractivity contribution >= 4 is 53.8 Å². The van der Waals surface area contributed by atoms with Gasteiger partial charge in [0.25, 0.3) is 0 Å². The summed E-state index contributed by atoms with van der Waals surface area (Å²) < 4.78 is 5.86. The van der Waals surface area contributed by atoms with Gasteiger partial charge >= 0.3 is 5.97 Å². The summed E-state index contributed by atoms with van der Waals surface area (Å²) in [4.78, 5) is 11.5. The van der Waals surface area contributed by atoms with E-state index in [1.165, 1.54) is 0 Å². The molecule has 1 aromatic carbocycles. The minimum atomic E-state index is -0.299. The van der Waals surface area contributed by atoms with Gasteiger partial charge in [-0.1, -0.05) is 47.8 Å². The summed E-state index contributed by atoms with van der Waals surface area (Å²) in [5.41, 5.74) is 1.51. The van der Waals surface area contributed by atoms with Crippen LogP contribution in [-0.2, 0) is 4.74 Å². The topological polar surface area (TPSA) is 26.3 Å². The normalized spacial score (nSPS) is 10.5. The molecular weight excluding hydrogens is 392 g/mol. The standard InChI is InChI=1S/C10H9Br3O2/c1-2-15-10(14)6-3-4-8(11)7(5-6)9(12)13/h3-5,9H,2H2,1H3. The molecule has 0 bridgehead atoms. The second-order valence-corrected chi connectivity index (χ2v) is 6.67. The molecule has 5 heteroatoms. The van der Waals surface area contributed by atoms with Crippen LogP contribution in [0.3, 0.4) is 0 Å². The van der Waals surface area contributed by atoms with Crippen molar-refractivity contribution in [1.29, 1.82) is 0 Å². The Bertz CT molecular complexity index is 364. The highest BCUT2D eigenvalue weighted by Gasteiger charge is 2.12. The van der Waals surface area contributed by atoms with Gasteiger partial charge in [0, 0.05) is 4.47 Å². The average molecular weight is 401 g/mol. The number of halogens is 3. The Morgan fingerprint density at radius 3 is 2.67 bits per heavy atom. The average Bonchev–Trinajstić information content (AvgIpc) is 2.18. The molecule has 0 aromatic heterocycles. The van der Waals surface area contributed by atoms with Gasteiger partial charge in [0.05, 0.1) is 15.9 Å². The third kappa shape index (κ3) is 3.57. The van der Waals surface area contributed by atoms with Crippen molar-refractivity contribution in [3.8, 4) is 0 Å². The number of carbonyl (C=O) groups excluding carboxylic acids is 1. The Hall–Kier alpha value is 0.130. The number of alkyl halides is 2. The Kier molecular flexibility index (Phi) is 5.29. The number of hydrogen-bond donors (Lipinski definition) is 0. The van der Waals surface area contributed by atoms with Gasteiger partial charge in [-0.15, -0.1) is 0 Å². The van der Waals surface area contributed by atoms with E-state index < -0.39 is 0 Å². The molecule has 1 rings (SSSR count). The highest BCUT2D eigenvalue weighted by atomic mass is 79.9. The second kappa shape index (κ2) is 6.01. The quantitative estimate of drug-likeness (QED) is 0.554. The molecule has 0 spiro atoms. The SMILES string of the molecule is CCOC(=O)c1ccc(Br)c(C(Br)Br)c1. The van der Waals surface area contributed by atoms with E-state index in [0.29, 0.717) is 12.2 Å². The molecule has 0 saturated heterocycles. The zero-order valence-corrected chi connectivity index (χ0v) is 12.7. The van der Waals surface area contributed by atoms with Crippen molar-refractivity contribution in [2.24, 2.45) is 0 Å². The third-order valence-corrected chi connectivity index (χ3v) is 3.45. The number of hydrogen-bond acceptors (Lipinski definition) is 2. The lowest BCUT2D eigenvalue weighted by Gasteiger charge is -2.08. The second-order valence-electron chi connectivity index (χ2n) is 2.76. The smallest absolute Gasteiger partial charge is 0.338 e. The van der Waals surface area contributed by atoms with Crippen LogP contribution in [0, 0.1) is 0 Å². The van der Waals surface area contributed by atoms with E-state index in [-0.39, 0.29) is 9.71 Å². The molecule has 2 nitrogen and oxygen atoms in total. The summed E-state index contributed by atoms with van der Waals surface area (Å²) in [7, 11) is 0. The van der Waals surface area contributed by atoms with Crippen LogP contribution in [0.4, 0.5) is 0 Å². The number of benzene rings is 1. The molecule has 0 amide bonds. The van der Waals surface area contributed by atoms with E-state index >= 15 is 0 Å². The number of ether oxygens (including phenoxy) is 1. The molecule has 0 radical (unpaired) electrons. The third-order valence-electron chi connectivity index (χ3n) is 1.74. The summed E-state index contributed by atoms with van der Waals surface area (Å²) in [5, 5.41) is 0. The monoisotopic (exact) mass is 398 g/mol. The van der Waals surface area contributed by atoms with Gasteiger partial charge in [0.2, 0.25) is 0 Å². The van der Waals surface area contributed by atoms with Crippen LogP contribution in [0.5, 0.6) is 0 Å². The van der Waals surface area contributed by atoms with E-state index in [9.17, 15) is 4.79 Å². The summed E-state index contributed by atoms with van der Waals surface area (Å²) in [6.45, 7) is 2.17. The molecule has 1 aromatic rings. The molecule has 0 N–H and O–H groups in total. The fourth-order valence-corrected chi connectivity index (χ4v) is 2.90. The van der Waals surface area contributed by atoms with E-state index in [4.69, 9.17) is 4.74 Å². The Morgan fingerprint density at radius 1 is 1.47 bits per heavy atom. The highest BCUT2D eigenvalue weighted by molar-refractivity contribution is 9.24. The predicted molar refractivity (Wildman–Crippen MR) is 70.7 cm³/mol. The van der Waals surface area contributed by atoms with Crippen molar-refractivity contribution < 1.29 is 9.53 Å². The van der Waals surface area contributed by atoms with Crippen LogP contribution in [0.1, 0.15) is 26.6 Å². The Labute approximate surface area is 114 Å². The zero-order valence-electron chi connectivity index (χ0n) is 7.97. The van der Waals surface area contributed by atoms with Crippen LogP contribution >= 0.6 is 47.8 Å². The Morgan fingerprint density at radius 2 is 2.13 bits per heavy atom. The molecule has 0 unspecified atom stereocenters. The molecule has 0 aliphatic carbocycles. The largest absolute Gasteiger partial charge is 0.462 e. The number of rotatable bonds is 3. The molecule has 0 aliphatic rings. The molecule has 0 aliphatic heterocycles. The van der Waals surface area contributed by atoms with Crippen molar-refractivity contribution in [1.82, 2.24) is 0 Å². The fourth-order valence-electron chi connectivity index (χ4n) is 1.05. The summed E-state index contributed by atoms with van der Waals surface area (Å²) in [6, 6.07) is 5.35. The van der Waals surface area contributed by atoms with Crippen molar-refractivity contribution in [2.45, 2.75) is 10.7 Å². The van der Waals surface area contributed by atoms with E-state index in [1.807, 2.05) is 6.07 Å². The Balaban J connectivity index is 3.02. The lowest BCUT2D eigenvalue weighted by atomic mass is 10.1. The highest BCUT2D eigenvalue weighted by Crippen LogP contribution is 2.35. The van der Waals surface area contributed by atoms with E-state index in [0.717, 1.165) is 10.0 Å². The molecule has 0 heterocycles. The fraction of sp³-hybridized carbons (Fsp3) is 0.300.